The number of nitrogens with one attached hydrogen (secondary N) is 1. The van der Waals surface area contributed by atoms with Gasteiger partial charge in [-0.05, 0) is 87.5 Å². The highest BCUT2D eigenvalue weighted by molar-refractivity contribution is 7.92. The summed E-state index contributed by atoms with van der Waals surface area (Å²) in [5, 5.41) is 2.92. The number of anilines is 1. The van der Waals surface area contributed by atoms with Crippen LogP contribution in [0.25, 0.3) is 0 Å². The summed E-state index contributed by atoms with van der Waals surface area (Å²) in [6.45, 7) is 11.9. The minimum absolute atomic E-state index is 0.179. The summed E-state index contributed by atoms with van der Waals surface area (Å²) in [5.41, 5.74) is 2.59. The second-order valence-corrected chi connectivity index (χ2v) is 11.7. The standard InChI is InChI=1S/C27H39N3O3S/c1-21(2)24-8-10-25(11-9-24)30(34(32,33)26-12-6-22(3)7-13-26)20-27(31)28-16-5-17-29-18-14-23(4)15-19-29/h6-13,21,23H,5,14-20H2,1-4H3,(H,28,31). The first-order valence-corrected chi connectivity index (χ1v) is 13.8. The number of rotatable bonds is 10. The Labute approximate surface area is 205 Å². The molecule has 0 unspecified atom stereocenters. The van der Waals surface area contributed by atoms with E-state index in [1.807, 2.05) is 19.1 Å². The molecule has 0 aliphatic carbocycles. The van der Waals surface area contributed by atoms with Crippen molar-refractivity contribution >= 4 is 21.6 Å². The molecule has 2 aromatic rings. The average Bonchev–Trinajstić information content (AvgIpc) is 2.81. The molecule has 0 spiro atoms. The molecule has 0 bridgehead atoms. The van der Waals surface area contributed by atoms with E-state index in [1.54, 1.807) is 36.4 Å². The summed E-state index contributed by atoms with van der Waals surface area (Å²) >= 11 is 0. The van der Waals surface area contributed by atoms with Crippen LogP contribution in [0.4, 0.5) is 5.69 Å². The van der Waals surface area contributed by atoms with E-state index in [4.69, 9.17) is 0 Å². The van der Waals surface area contributed by atoms with Crippen molar-refractivity contribution in [1.29, 1.82) is 0 Å². The van der Waals surface area contributed by atoms with Gasteiger partial charge in [0.25, 0.3) is 10.0 Å². The number of hydrogen-bond donors (Lipinski definition) is 1. The average molecular weight is 486 g/mol. The molecule has 1 aliphatic heterocycles. The first kappa shape index (κ1) is 26.2. The Hall–Kier alpha value is -2.38. The quantitative estimate of drug-likeness (QED) is 0.501. The summed E-state index contributed by atoms with van der Waals surface area (Å²) in [4.78, 5) is 15.4. The van der Waals surface area contributed by atoms with Gasteiger partial charge in [-0.15, -0.1) is 0 Å². The van der Waals surface area contributed by atoms with Crippen LogP contribution >= 0.6 is 0 Å². The smallest absolute Gasteiger partial charge is 0.264 e. The summed E-state index contributed by atoms with van der Waals surface area (Å²) < 4.78 is 28.2. The second-order valence-electron chi connectivity index (χ2n) is 9.80. The van der Waals surface area contributed by atoms with E-state index in [0.29, 0.717) is 18.2 Å². The van der Waals surface area contributed by atoms with Gasteiger partial charge in [-0.3, -0.25) is 9.10 Å². The molecule has 1 fully saturated rings. The first-order chi connectivity index (χ1) is 16.2. The molecule has 0 radical (unpaired) electrons. The van der Waals surface area contributed by atoms with Crippen molar-refractivity contribution in [2.45, 2.75) is 57.8 Å². The van der Waals surface area contributed by atoms with Crippen molar-refractivity contribution in [3.8, 4) is 0 Å². The van der Waals surface area contributed by atoms with Gasteiger partial charge >= 0.3 is 0 Å². The Bertz CT molecular complexity index is 1030. The van der Waals surface area contributed by atoms with Crippen molar-refractivity contribution in [3.63, 3.8) is 0 Å². The van der Waals surface area contributed by atoms with Gasteiger partial charge < -0.3 is 10.2 Å². The maximum absolute atomic E-state index is 13.5. The molecule has 0 aromatic heterocycles. The van der Waals surface area contributed by atoms with Crippen LogP contribution in [0.1, 0.15) is 57.1 Å². The number of nitrogens with zero attached hydrogens (tertiary/aromatic N) is 2. The minimum Gasteiger partial charge on any atom is -0.354 e. The Morgan fingerprint density at radius 3 is 2.26 bits per heavy atom. The largest absolute Gasteiger partial charge is 0.354 e. The summed E-state index contributed by atoms with van der Waals surface area (Å²) in [6.07, 6.45) is 3.31. The lowest BCUT2D eigenvalue weighted by Crippen LogP contribution is -2.42. The number of amides is 1. The first-order valence-electron chi connectivity index (χ1n) is 12.3. The number of benzene rings is 2. The highest BCUT2D eigenvalue weighted by Crippen LogP contribution is 2.26. The Balaban J connectivity index is 1.68. The van der Waals surface area contributed by atoms with E-state index in [9.17, 15) is 13.2 Å². The SMILES string of the molecule is Cc1ccc(S(=O)(=O)N(CC(=O)NCCCN2CCC(C)CC2)c2ccc(C(C)C)cc2)cc1. The molecule has 1 aliphatic rings. The molecule has 6 nitrogen and oxygen atoms in total. The zero-order chi connectivity index (χ0) is 24.7. The monoisotopic (exact) mass is 485 g/mol. The number of likely N-dealkylation sites (tertiary alicyclic amines) is 1. The van der Waals surface area contributed by atoms with Crippen molar-refractivity contribution in [2.75, 3.05) is 37.0 Å². The van der Waals surface area contributed by atoms with Gasteiger partial charge in [0.05, 0.1) is 10.6 Å². The van der Waals surface area contributed by atoms with Crippen LogP contribution in [0.2, 0.25) is 0 Å². The Morgan fingerprint density at radius 1 is 1.06 bits per heavy atom. The van der Waals surface area contributed by atoms with E-state index >= 15 is 0 Å². The van der Waals surface area contributed by atoms with E-state index in [1.165, 1.54) is 17.1 Å². The predicted octanol–water partition coefficient (Wildman–Crippen LogP) is 4.55. The molecule has 1 heterocycles. The molecule has 186 valence electrons. The maximum Gasteiger partial charge on any atom is 0.264 e. The Kier molecular flexibility index (Phi) is 9.14. The van der Waals surface area contributed by atoms with Crippen LogP contribution in [0, 0.1) is 12.8 Å². The molecule has 7 heteroatoms. The molecule has 0 atom stereocenters. The normalized spacial score (nSPS) is 15.4. The molecular weight excluding hydrogens is 446 g/mol. The number of hydrogen-bond acceptors (Lipinski definition) is 4. The molecule has 2 aromatic carbocycles. The number of aryl methyl sites for hydroxylation is 1. The van der Waals surface area contributed by atoms with E-state index < -0.39 is 10.0 Å². The van der Waals surface area contributed by atoms with Crippen LogP contribution in [0.15, 0.2) is 53.4 Å². The van der Waals surface area contributed by atoms with Gasteiger partial charge in [0.2, 0.25) is 5.91 Å². The second kappa shape index (κ2) is 11.8. The lowest BCUT2D eigenvalue weighted by atomic mass is 9.99. The van der Waals surface area contributed by atoms with Crippen molar-refractivity contribution in [1.82, 2.24) is 10.2 Å². The molecule has 1 N–H and O–H groups in total. The van der Waals surface area contributed by atoms with Gasteiger partial charge in [-0.1, -0.05) is 50.6 Å². The van der Waals surface area contributed by atoms with Crippen LogP contribution < -0.4 is 9.62 Å². The van der Waals surface area contributed by atoms with Crippen LogP contribution in [-0.4, -0.2) is 51.9 Å². The van der Waals surface area contributed by atoms with Crippen LogP contribution in [0.3, 0.4) is 0 Å². The van der Waals surface area contributed by atoms with E-state index in [-0.39, 0.29) is 17.3 Å². The topological polar surface area (TPSA) is 69.7 Å². The third-order valence-electron chi connectivity index (χ3n) is 6.59. The zero-order valence-electron chi connectivity index (χ0n) is 21.0. The number of carbonyl (C=O) groups excluding carboxylic acids is 1. The summed E-state index contributed by atoms with van der Waals surface area (Å²) in [7, 11) is -3.89. The Morgan fingerprint density at radius 2 is 1.68 bits per heavy atom. The highest BCUT2D eigenvalue weighted by Gasteiger charge is 2.27. The van der Waals surface area contributed by atoms with Gasteiger partial charge in [-0.2, -0.15) is 0 Å². The summed E-state index contributed by atoms with van der Waals surface area (Å²) in [6, 6.07) is 14.2. The number of carbonyl (C=O) groups is 1. The molecule has 1 saturated heterocycles. The molecule has 1 amide bonds. The molecule has 34 heavy (non-hydrogen) atoms. The fraction of sp³-hybridized carbons (Fsp3) is 0.519. The van der Waals surface area contributed by atoms with Crippen LogP contribution in [-0.2, 0) is 14.8 Å². The fourth-order valence-corrected chi connectivity index (χ4v) is 5.60. The molecule has 3 rings (SSSR count). The van der Waals surface area contributed by atoms with Gasteiger partial charge in [0.1, 0.15) is 6.54 Å². The van der Waals surface area contributed by atoms with Crippen molar-refractivity contribution in [3.05, 3.63) is 59.7 Å². The third-order valence-corrected chi connectivity index (χ3v) is 8.38. The number of sulfonamides is 1. The lowest BCUT2D eigenvalue weighted by molar-refractivity contribution is -0.119. The summed E-state index contributed by atoms with van der Waals surface area (Å²) in [5.74, 6) is 0.838. The van der Waals surface area contributed by atoms with E-state index in [2.05, 4.69) is 31.0 Å². The maximum atomic E-state index is 13.5. The lowest BCUT2D eigenvalue weighted by Gasteiger charge is -2.30. The van der Waals surface area contributed by atoms with Crippen molar-refractivity contribution in [2.24, 2.45) is 5.92 Å². The van der Waals surface area contributed by atoms with Gasteiger partial charge in [0, 0.05) is 6.54 Å². The van der Waals surface area contributed by atoms with Gasteiger partial charge in [-0.25, -0.2) is 8.42 Å². The van der Waals surface area contributed by atoms with Gasteiger partial charge in [0.15, 0.2) is 0 Å². The molecular formula is C27H39N3O3S. The predicted molar refractivity (Wildman–Crippen MR) is 139 cm³/mol. The zero-order valence-corrected chi connectivity index (χ0v) is 21.8. The van der Waals surface area contributed by atoms with E-state index in [0.717, 1.165) is 43.1 Å². The number of piperidine rings is 1. The fourth-order valence-electron chi connectivity index (χ4n) is 4.18. The highest BCUT2D eigenvalue weighted by atomic mass is 32.2. The van der Waals surface area contributed by atoms with Crippen molar-refractivity contribution < 1.29 is 13.2 Å². The minimum atomic E-state index is -3.89. The molecule has 0 saturated carbocycles. The van der Waals surface area contributed by atoms with Crippen LogP contribution in [0.5, 0.6) is 0 Å². The third kappa shape index (κ3) is 7.06.